The number of halogens is 1. The van der Waals surface area contributed by atoms with E-state index in [1.165, 1.54) is 18.3 Å². The maximum Gasteiger partial charge on any atom is 0.282 e. The van der Waals surface area contributed by atoms with E-state index >= 15 is 0 Å². The Morgan fingerprint density at radius 2 is 1.88 bits per heavy atom. The molecule has 0 saturated heterocycles. The third kappa shape index (κ3) is 2.23. The molecular weight excluding hydrogens is 258 g/mol. The molecule has 86 valence electrons. The minimum atomic E-state index is -3.72. The van der Waals surface area contributed by atoms with E-state index in [1.54, 1.807) is 12.1 Å². The van der Waals surface area contributed by atoms with Gasteiger partial charge in [-0.1, -0.05) is 29.3 Å². The molecule has 0 saturated carbocycles. The molecule has 0 aliphatic heterocycles. The number of rotatable bonds is 2. The van der Waals surface area contributed by atoms with E-state index in [1.807, 2.05) is 6.92 Å². The van der Waals surface area contributed by atoms with Gasteiger partial charge in [0.1, 0.15) is 13.0 Å². The largest absolute Gasteiger partial charge is 0.282 e. The minimum absolute atomic E-state index is 0.0271. The van der Waals surface area contributed by atoms with Crippen molar-refractivity contribution in [1.82, 2.24) is 9.19 Å². The Labute approximate surface area is 106 Å². The normalized spacial score (nSPS) is 11.6. The molecule has 0 N–H and O–H groups in total. The lowest BCUT2D eigenvalue weighted by Gasteiger charge is -2.04. The molecule has 17 heavy (non-hydrogen) atoms. The van der Waals surface area contributed by atoms with Gasteiger partial charge in [0.25, 0.3) is 10.0 Å². The molecule has 1 aromatic heterocycles. The van der Waals surface area contributed by atoms with Gasteiger partial charge in [-0.25, -0.2) is 0 Å². The Morgan fingerprint density at radius 1 is 1.29 bits per heavy atom. The van der Waals surface area contributed by atoms with E-state index in [9.17, 15) is 8.42 Å². The second-order valence-corrected chi connectivity index (χ2v) is 5.72. The number of hydrogen-bond donors (Lipinski definition) is 0. The van der Waals surface area contributed by atoms with E-state index in [2.05, 4.69) is 5.10 Å². The Balaban J connectivity index is 2.53. The quantitative estimate of drug-likeness (QED) is 0.758. The van der Waals surface area contributed by atoms with Crippen molar-refractivity contribution in [3.05, 3.63) is 41.2 Å². The van der Waals surface area contributed by atoms with Gasteiger partial charge >= 0.3 is 0 Å². The van der Waals surface area contributed by atoms with Gasteiger partial charge in [0.15, 0.2) is 0 Å². The van der Waals surface area contributed by atoms with E-state index < -0.39 is 10.0 Å². The van der Waals surface area contributed by atoms with E-state index in [4.69, 9.17) is 19.4 Å². The van der Waals surface area contributed by atoms with Crippen molar-refractivity contribution in [3.63, 3.8) is 0 Å². The highest BCUT2D eigenvalue weighted by atomic mass is 35.5. The summed E-state index contributed by atoms with van der Waals surface area (Å²) in [4.78, 5) is 0.141. The molecular formula is C10H8BClN2O2S. The van der Waals surface area contributed by atoms with Crippen LogP contribution < -0.4 is 5.46 Å². The summed E-state index contributed by atoms with van der Waals surface area (Å²) >= 11 is 5.63. The number of hydrogen-bond acceptors (Lipinski definition) is 3. The molecule has 7 heteroatoms. The average Bonchev–Trinajstić information content (AvgIpc) is 2.60. The van der Waals surface area contributed by atoms with Crippen LogP contribution in [0, 0.1) is 6.92 Å². The lowest BCUT2D eigenvalue weighted by atomic mass is 10.0. The standard InChI is InChI=1S/C10H8BClN2O2S/c1-7-2-4-8(5-3-7)17(15,16)14-6-9(11)10(12)13-14/h2-6H,1H3. The lowest BCUT2D eigenvalue weighted by molar-refractivity contribution is 0.580. The molecule has 2 aromatic rings. The molecule has 0 bridgehead atoms. The summed E-state index contributed by atoms with van der Waals surface area (Å²) < 4.78 is 25.0. The molecule has 2 radical (unpaired) electrons. The summed E-state index contributed by atoms with van der Waals surface area (Å²) in [6, 6.07) is 6.44. The van der Waals surface area contributed by atoms with Crippen LogP contribution in [-0.2, 0) is 10.0 Å². The molecule has 2 rings (SSSR count). The number of benzene rings is 1. The van der Waals surface area contributed by atoms with Gasteiger partial charge in [-0.05, 0) is 24.5 Å². The summed E-state index contributed by atoms with van der Waals surface area (Å²) in [7, 11) is 1.74. The third-order valence-electron chi connectivity index (χ3n) is 2.24. The lowest BCUT2D eigenvalue weighted by Crippen LogP contribution is -2.14. The number of aryl methyl sites for hydroxylation is 1. The fourth-order valence-corrected chi connectivity index (χ4v) is 2.60. The molecule has 0 aliphatic carbocycles. The first kappa shape index (κ1) is 12.2. The monoisotopic (exact) mass is 266 g/mol. The van der Waals surface area contributed by atoms with Crippen molar-refractivity contribution in [3.8, 4) is 0 Å². The minimum Gasteiger partial charge on any atom is -0.199 e. The number of aromatic nitrogens is 2. The SMILES string of the molecule is [B]c1cn(S(=O)(=O)c2ccc(C)cc2)nc1Cl. The van der Waals surface area contributed by atoms with Crippen LogP contribution in [0.1, 0.15) is 5.56 Å². The van der Waals surface area contributed by atoms with Crippen molar-refractivity contribution in [2.75, 3.05) is 0 Å². The summed E-state index contributed by atoms with van der Waals surface area (Å²) in [6.45, 7) is 1.87. The topological polar surface area (TPSA) is 52.0 Å². The predicted octanol–water partition coefficient (Wildman–Crippen LogP) is 0.876. The molecule has 0 unspecified atom stereocenters. The zero-order chi connectivity index (χ0) is 12.6. The summed E-state index contributed by atoms with van der Waals surface area (Å²) in [5.74, 6) is 0. The van der Waals surface area contributed by atoms with Crippen LogP contribution in [0.5, 0.6) is 0 Å². The van der Waals surface area contributed by atoms with E-state index in [0.29, 0.717) is 0 Å². The molecule has 0 atom stereocenters. The van der Waals surface area contributed by atoms with E-state index in [-0.39, 0.29) is 15.5 Å². The van der Waals surface area contributed by atoms with Crippen molar-refractivity contribution in [2.45, 2.75) is 11.8 Å². The first-order valence-electron chi connectivity index (χ1n) is 4.74. The molecule has 0 amide bonds. The van der Waals surface area contributed by atoms with Gasteiger partial charge < -0.3 is 0 Å². The van der Waals surface area contributed by atoms with Crippen LogP contribution in [0.25, 0.3) is 0 Å². The first-order valence-corrected chi connectivity index (χ1v) is 6.56. The van der Waals surface area contributed by atoms with Crippen LogP contribution >= 0.6 is 11.6 Å². The molecule has 4 nitrogen and oxygen atoms in total. The van der Waals surface area contributed by atoms with Crippen molar-refractivity contribution in [2.24, 2.45) is 0 Å². The van der Waals surface area contributed by atoms with Crippen molar-refractivity contribution < 1.29 is 8.42 Å². The van der Waals surface area contributed by atoms with Crippen LogP contribution in [0.2, 0.25) is 5.15 Å². The second kappa shape index (κ2) is 4.20. The first-order chi connectivity index (χ1) is 7.91. The van der Waals surface area contributed by atoms with Crippen LogP contribution in [-0.4, -0.2) is 25.4 Å². The van der Waals surface area contributed by atoms with Gasteiger partial charge in [-0.3, -0.25) is 0 Å². The van der Waals surface area contributed by atoms with Gasteiger partial charge in [-0.2, -0.15) is 12.5 Å². The van der Waals surface area contributed by atoms with Gasteiger partial charge in [-0.15, -0.1) is 5.10 Å². The van der Waals surface area contributed by atoms with Crippen LogP contribution in [0.3, 0.4) is 0 Å². The van der Waals surface area contributed by atoms with Gasteiger partial charge in [0, 0.05) is 6.20 Å². The Kier molecular flexibility index (Phi) is 3.01. The van der Waals surface area contributed by atoms with Crippen molar-refractivity contribution in [1.29, 1.82) is 0 Å². The van der Waals surface area contributed by atoms with Crippen LogP contribution in [0.15, 0.2) is 35.4 Å². The number of nitrogens with zero attached hydrogens (tertiary/aromatic N) is 2. The maximum absolute atomic E-state index is 12.1. The highest BCUT2D eigenvalue weighted by Gasteiger charge is 2.18. The fraction of sp³-hybridized carbons (Fsp3) is 0.100. The third-order valence-corrected chi connectivity index (χ3v) is 4.08. The second-order valence-electron chi connectivity index (χ2n) is 3.57. The van der Waals surface area contributed by atoms with Crippen molar-refractivity contribution >= 4 is 34.9 Å². The Morgan fingerprint density at radius 3 is 2.35 bits per heavy atom. The maximum atomic E-state index is 12.1. The predicted molar refractivity (Wildman–Crippen MR) is 66.4 cm³/mol. The molecule has 0 aliphatic rings. The zero-order valence-electron chi connectivity index (χ0n) is 8.96. The Bertz CT molecular complexity index is 630. The summed E-state index contributed by atoms with van der Waals surface area (Å²) in [5.41, 5.74) is 1.10. The average molecular weight is 267 g/mol. The highest BCUT2D eigenvalue weighted by molar-refractivity contribution is 7.89. The van der Waals surface area contributed by atoms with Gasteiger partial charge in [0.05, 0.1) is 4.90 Å². The molecule has 0 fully saturated rings. The Hall–Kier alpha value is -1.27. The van der Waals surface area contributed by atoms with Crippen LogP contribution in [0.4, 0.5) is 0 Å². The molecule has 1 aromatic carbocycles. The highest BCUT2D eigenvalue weighted by Crippen LogP contribution is 2.14. The molecule has 1 heterocycles. The summed E-state index contributed by atoms with van der Waals surface area (Å²) in [5, 5.41) is 3.62. The molecule has 0 spiro atoms. The van der Waals surface area contributed by atoms with Gasteiger partial charge in [0.2, 0.25) is 0 Å². The fourth-order valence-electron chi connectivity index (χ4n) is 1.29. The zero-order valence-corrected chi connectivity index (χ0v) is 10.5. The summed E-state index contributed by atoms with van der Waals surface area (Å²) in [6.07, 6.45) is 1.18. The van der Waals surface area contributed by atoms with E-state index in [0.717, 1.165) is 9.65 Å². The smallest absolute Gasteiger partial charge is 0.199 e.